The third kappa shape index (κ3) is 4.27. The van der Waals surface area contributed by atoms with Gasteiger partial charge in [0.1, 0.15) is 0 Å². The van der Waals surface area contributed by atoms with E-state index in [9.17, 15) is 4.79 Å². The number of carbonyl (C=O) groups excluding carboxylic acids is 1. The number of amides is 1. The number of aromatic nitrogens is 1. The van der Waals surface area contributed by atoms with Crippen LogP contribution in [0.25, 0.3) is 10.2 Å². The molecule has 0 radical (unpaired) electrons. The van der Waals surface area contributed by atoms with Crippen LogP contribution in [0.2, 0.25) is 0 Å². The van der Waals surface area contributed by atoms with Gasteiger partial charge in [0, 0.05) is 17.9 Å². The Labute approximate surface area is 162 Å². The van der Waals surface area contributed by atoms with Crippen LogP contribution in [0.15, 0.2) is 47.4 Å². The van der Waals surface area contributed by atoms with Crippen molar-refractivity contribution < 1.29 is 4.79 Å². The molecule has 0 bridgehead atoms. The summed E-state index contributed by atoms with van der Waals surface area (Å²) in [7, 11) is 0. The molecule has 0 saturated heterocycles. The summed E-state index contributed by atoms with van der Waals surface area (Å²) in [6.07, 6.45) is 5.49. The third-order valence-corrected chi connectivity index (χ3v) is 6.76. The van der Waals surface area contributed by atoms with Crippen molar-refractivity contribution in [2.45, 2.75) is 37.0 Å². The van der Waals surface area contributed by atoms with E-state index in [0.717, 1.165) is 23.4 Å². The molecule has 1 amide bonds. The van der Waals surface area contributed by atoms with E-state index >= 15 is 0 Å². The van der Waals surface area contributed by atoms with Crippen molar-refractivity contribution in [1.29, 1.82) is 0 Å². The molecule has 26 heavy (non-hydrogen) atoms. The van der Waals surface area contributed by atoms with Gasteiger partial charge in [0.15, 0.2) is 0 Å². The van der Waals surface area contributed by atoms with Gasteiger partial charge in [0.25, 0.3) is 0 Å². The van der Waals surface area contributed by atoms with Gasteiger partial charge in [-0.2, -0.15) is 0 Å². The fourth-order valence-corrected chi connectivity index (χ4v) is 5.13. The molecular weight excluding hydrogens is 360 g/mol. The Morgan fingerprint density at radius 2 is 2.04 bits per heavy atom. The molecule has 1 aliphatic carbocycles. The number of hydrogen-bond donors (Lipinski definition) is 1. The molecule has 0 fully saturated rings. The first-order valence-corrected chi connectivity index (χ1v) is 10.9. The number of hydrogen-bond acceptors (Lipinski definition) is 4. The van der Waals surface area contributed by atoms with Crippen LogP contribution >= 0.6 is 23.1 Å². The lowest BCUT2D eigenvalue weighted by atomic mass is 10.1. The zero-order valence-electron chi connectivity index (χ0n) is 14.7. The van der Waals surface area contributed by atoms with Gasteiger partial charge in [-0.3, -0.25) is 4.79 Å². The van der Waals surface area contributed by atoms with E-state index in [-0.39, 0.29) is 5.91 Å². The number of thiazole rings is 1. The second kappa shape index (κ2) is 8.23. The topological polar surface area (TPSA) is 42.0 Å². The van der Waals surface area contributed by atoms with Crippen molar-refractivity contribution in [3.8, 4) is 0 Å². The fraction of sp³-hybridized carbons (Fsp3) is 0.333. The van der Waals surface area contributed by atoms with Crippen molar-refractivity contribution in [3.63, 3.8) is 0 Å². The van der Waals surface area contributed by atoms with E-state index in [1.54, 1.807) is 23.1 Å². The zero-order valence-corrected chi connectivity index (χ0v) is 16.3. The van der Waals surface area contributed by atoms with Gasteiger partial charge in [-0.05, 0) is 61.1 Å². The predicted molar refractivity (Wildman–Crippen MR) is 110 cm³/mol. The van der Waals surface area contributed by atoms with Crippen LogP contribution in [0.4, 0.5) is 0 Å². The van der Waals surface area contributed by atoms with Gasteiger partial charge in [0.2, 0.25) is 5.91 Å². The average molecular weight is 383 g/mol. The summed E-state index contributed by atoms with van der Waals surface area (Å²) in [5.74, 6) is 0.597. The first-order valence-electron chi connectivity index (χ1n) is 9.14. The van der Waals surface area contributed by atoms with E-state index in [0.29, 0.717) is 12.3 Å². The molecule has 1 heterocycles. The molecular formula is C21H22N2OS2. The van der Waals surface area contributed by atoms with Gasteiger partial charge < -0.3 is 5.32 Å². The Balaban J connectivity index is 1.18. The van der Waals surface area contributed by atoms with Gasteiger partial charge in [0.05, 0.1) is 21.0 Å². The Morgan fingerprint density at radius 1 is 1.15 bits per heavy atom. The first-order chi connectivity index (χ1) is 12.8. The van der Waals surface area contributed by atoms with Gasteiger partial charge >= 0.3 is 0 Å². The van der Waals surface area contributed by atoms with E-state index in [2.05, 4.69) is 34.6 Å². The zero-order chi connectivity index (χ0) is 17.8. The number of fused-ring (bicyclic) bond motifs is 2. The van der Waals surface area contributed by atoms with Gasteiger partial charge in [-0.25, -0.2) is 4.98 Å². The van der Waals surface area contributed by atoms with E-state index in [1.807, 2.05) is 18.2 Å². The summed E-state index contributed by atoms with van der Waals surface area (Å²) in [6.45, 7) is 0.708. The first kappa shape index (κ1) is 17.6. The third-order valence-electron chi connectivity index (χ3n) is 4.67. The number of benzene rings is 2. The maximum Gasteiger partial charge on any atom is 0.230 e. The van der Waals surface area contributed by atoms with Gasteiger partial charge in [-0.1, -0.05) is 18.2 Å². The minimum Gasteiger partial charge on any atom is -0.355 e. The number of thioether (sulfide) groups is 1. The van der Waals surface area contributed by atoms with E-state index in [4.69, 9.17) is 0 Å². The molecule has 0 unspecified atom stereocenters. The van der Waals surface area contributed by atoms with Crippen molar-refractivity contribution >= 4 is 39.2 Å². The molecule has 5 heteroatoms. The standard InChI is InChI=1S/C21H22N2OS2/c24-20(14-25-17-11-10-15-5-3-6-16(15)13-17)22-12-4-9-21-23-18-7-1-2-8-19(18)26-21/h1-2,7-8,10-11,13H,3-6,9,12,14H2,(H,22,24). The molecule has 1 aliphatic rings. The molecule has 0 saturated carbocycles. The SMILES string of the molecule is O=C(CSc1ccc2c(c1)CCC2)NCCCc1nc2ccccc2s1. The minimum atomic E-state index is 0.111. The number of aryl methyl sites for hydroxylation is 3. The van der Waals surface area contributed by atoms with Gasteiger partial charge in [-0.15, -0.1) is 23.1 Å². The smallest absolute Gasteiger partial charge is 0.230 e. The highest BCUT2D eigenvalue weighted by Crippen LogP contribution is 2.27. The lowest BCUT2D eigenvalue weighted by Crippen LogP contribution is -2.26. The molecule has 2 aromatic carbocycles. The van der Waals surface area contributed by atoms with Crippen LogP contribution in [0.1, 0.15) is 29.0 Å². The molecule has 3 nitrogen and oxygen atoms in total. The highest BCUT2D eigenvalue weighted by Gasteiger charge is 2.11. The van der Waals surface area contributed by atoms with Crippen LogP contribution in [0.5, 0.6) is 0 Å². The normalized spacial score (nSPS) is 13.1. The molecule has 3 aromatic rings. The van der Waals surface area contributed by atoms with Crippen molar-refractivity contribution in [2.24, 2.45) is 0 Å². The summed E-state index contributed by atoms with van der Waals surface area (Å²) in [5.41, 5.74) is 4.02. The maximum absolute atomic E-state index is 12.1. The minimum absolute atomic E-state index is 0.111. The van der Waals surface area contributed by atoms with E-state index in [1.165, 1.54) is 40.0 Å². The molecule has 1 N–H and O–H groups in total. The van der Waals surface area contributed by atoms with Crippen LogP contribution < -0.4 is 5.32 Å². The lowest BCUT2D eigenvalue weighted by Gasteiger charge is -2.06. The van der Waals surface area contributed by atoms with Crippen LogP contribution in [-0.4, -0.2) is 23.2 Å². The molecule has 0 aliphatic heterocycles. The van der Waals surface area contributed by atoms with Crippen LogP contribution in [0, 0.1) is 0 Å². The highest BCUT2D eigenvalue weighted by atomic mass is 32.2. The molecule has 1 aromatic heterocycles. The second-order valence-corrected chi connectivity index (χ2v) is 8.77. The summed E-state index contributed by atoms with van der Waals surface area (Å²) >= 11 is 3.37. The number of para-hydroxylation sites is 1. The molecule has 4 rings (SSSR count). The second-order valence-electron chi connectivity index (χ2n) is 6.60. The Kier molecular flexibility index (Phi) is 5.56. The Hall–Kier alpha value is -1.85. The monoisotopic (exact) mass is 382 g/mol. The number of rotatable bonds is 7. The Morgan fingerprint density at radius 3 is 2.96 bits per heavy atom. The van der Waals surface area contributed by atoms with Crippen molar-refractivity contribution in [3.05, 3.63) is 58.6 Å². The number of carbonyl (C=O) groups is 1. The maximum atomic E-state index is 12.1. The van der Waals surface area contributed by atoms with E-state index < -0.39 is 0 Å². The van der Waals surface area contributed by atoms with Crippen molar-refractivity contribution in [1.82, 2.24) is 10.3 Å². The largest absolute Gasteiger partial charge is 0.355 e. The summed E-state index contributed by atoms with van der Waals surface area (Å²) in [6, 6.07) is 14.8. The summed E-state index contributed by atoms with van der Waals surface area (Å²) < 4.78 is 1.23. The molecule has 0 atom stereocenters. The van der Waals surface area contributed by atoms with Crippen molar-refractivity contribution in [2.75, 3.05) is 12.3 Å². The summed E-state index contributed by atoms with van der Waals surface area (Å²) in [5, 5.41) is 4.17. The van der Waals surface area contributed by atoms with Crippen LogP contribution in [-0.2, 0) is 24.1 Å². The number of nitrogens with one attached hydrogen (secondary N) is 1. The lowest BCUT2D eigenvalue weighted by molar-refractivity contribution is -0.118. The average Bonchev–Trinajstić information content (AvgIpc) is 3.29. The fourth-order valence-electron chi connectivity index (χ4n) is 3.33. The molecule has 134 valence electrons. The highest BCUT2D eigenvalue weighted by molar-refractivity contribution is 8.00. The molecule has 0 spiro atoms. The number of nitrogens with zero attached hydrogens (tertiary/aromatic N) is 1. The summed E-state index contributed by atoms with van der Waals surface area (Å²) in [4.78, 5) is 17.9. The Bertz CT molecular complexity index is 886. The quantitative estimate of drug-likeness (QED) is 0.479. The van der Waals surface area contributed by atoms with Crippen LogP contribution in [0.3, 0.4) is 0 Å². The predicted octanol–water partition coefficient (Wildman–Crippen LogP) is 4.63.